The molecule has 116 valence electrons. The number of H-pyrrole nitrogens is 1. The van der Waals surface area contributed by atoms with E-state index in [1.54, 1.807) is 6.92 Å². The Morgan fingerprint density at radius 3 is 2.71 bits per heavy atom. The highest BCUT2D eigenvalue weighted by atomic mass is 16.2. The first-order chi connectivity index (χ1) is 10.0. The predicted molar refractivity (Wildman–Crippen MR) is 82.8 cm³/mol. The molecule has 0 radical (unpaired) electrons. The molecular weight excluding hydrogens is 266 g/mol. The van der Waals surface area contributed by atoms with Gasteiger partial charge in [0.15, 0.2) is 5.78 Å². The molecular formula is C16H25N3O2. The lowest BCUT2D eigenvalue weighted by Crippen LogP contribution is -2.38. The van der Waals surface area contributed by atoms with Crippen molar-refractivity contribution in [1.29, 1.82) is 0 Å². The van der Waals surface area contributed by atoms with Crippen molar-refractivity contribution in [1.82, 2.24) is 15.6 Å². The van der Waals surface area contributed by atoms with Crippen LogP contribution in [0.15, 0.2) is 0 Å². The average molecular weight is 291 g/mol. The number of aryl methyl sites for hydroxylation is 1. The summed E-state index contributed by atoms with van der Waals surface area (Å²) in [7, 11) is 0. The molecule has 0 bridgehead atoms. The van der Waals surface area contributed by atoms with Crippen LogP contribution in [0.3, 0.4) is 0 Å². The number of aromatic amines is 1. The Hall–Kier alpha value is -1.62. The maximum atomic E-state index is 12.4. The Bertz CT molecular complexity index is 528. The van der Waals surface area contributed by atoms with E-state index in [4.69, 9.17) is 0 Å². The summed E-state index contributed by atoms with van der Waals surface area (Å²) in [5.41, 5.74) is 2.83. The Balaban J connectivity index is 2.08. The van der Waals surface area contributed by atoms with Crippen molar-refractivity contribution in [2.24, 2.45) is 5.92 Å². The SMILES string of the molecule is CCc1c(C(=O)NCC2CCCNC2)[nH]c(C)c1C(C)=O. The summed E-state index contributed by atoms with van der Waals surface area (Å²) in [6.07, 6.45) is 2.99. The van der Waals surface area contributed by atoms with Crippen LogP contribution < -0.4 is 10.6 Å². The van der Waals surface area contributed by atoms with Crippen LogP contribution in [0.2, 0.25) is 0 Å². The first-order valence-electron chi connectivity index (χ1n) is 7.75. The zero-order valence-corrected chi connectivity index (χ0v) is 13.1. The lowest BCUT2D eigenvalue weighted by Gasteiger charge is -2.22. The fraction of sp³-hybridized carbons (Fsp3) is 0.625. The van der Waals surface area contributed by atoms with Crippen LogP contribution in [-0.4, -0.2) is 36.3 Å². The van der Waals surface area contributed by atoms with E-state index in [-0.39, 0.29) is 11.7 Å². The van der Waals surface area contributed by atoms with Gasteiger partial charge in [-0.1, -0.05) is 6.92 Å². The molecule has 1 aliphatic rings. The summed E-state index contributed by atoms with van der Waals surface area (Å²) >= 11 is 0. The van der Waals surface area contributed by atoms with E-state index in [9.17, 15) is 9.59 Å². The molecule has 1 fully saturated rings. The second kappa shape index (κ2) is 6.89. The summed E-state index contributed by atoms with van der Waals surface area (Å²) in [4.78, 5) is 27.2. The van der Waals surface area contributed by atoms with Gasteiger partial charge in [-0.15, -0.1) is 0 Å². The molecule has 1 saturated heterocycles. The minimum Gasteiger partial charge on any atom is -0.354 e. The fourth-order valence-corrected chi connectivity index (χ4v) is 3.12. The molecule has 2 rings (SSSR count). The number of ketones is 1. The lowest BCUT2D eigenvalue weighted by atomic mass is 9.99. The molecule has 1 aliphatic heterocycles. The van der Waals surface area contributed by atoms with Gasteiger partial charge in [0.05, 0.1) is 0 Å². The van der Waals surface area contributed by atoms with Gasteiger partial charge in [0.2, 0.25) is 0 Å². The van der Waals surface area contributed by atoms with Crippen LogP contribution in [0.5, 0.6) is 0 Å². The van der Waals surface area contributed by atoms with Crippen molar-refractivity contribution < 1.29 is 9.59 Å². The van der Waals surface area contributed by atoms with Crippen LogP contribution >= 0.6 is 0 Å². The van der Waals surface area contributed by atoms with Gasteiger partial charge >= 0.3 is 0 Å². The first kappa shape index (κ1) is 15.8. The molecule has 1 atom stereocenters. The number of aromatic nitrogens is 1. The molecule has 0 aliphatic carbocycles. The molecule has 5 heteroatoms. The minimum absolute atomic E-state index is 0.0103. The Labute approximate surface area is 125 Å². The van der Waals surface area contributed by atoms with Gasteiger partial charge in [0.25, 0.3) is 5.91 Å². The summed E-state index contributed by atoms with van der Waals surface area (Å²) in [5, 5.41) is 6.35. The van der Waals surface area contributed by atoms with E-state index in [0.29, 0.717) is 30.1 Å². The smallest absolute Gasteiger partial charge is 0.268 e. The van der Waals surface area contributed by atoms with Crippen LogP contribution in [-0.2, 0) is 6.42 Å². The van der Waals surface area contributed by atoms with E-state index < -0.39 is 0 Å². The zero-order valence-electron chi connectivity index (χ0n) is 13.1. The topological polar surface area (TPSA) is 74.0 Å². The van der Waals surface area contributed by atoms with Crippen molar-refractivity contribution in [3.05, 3.63) is 22.5 Å². The quantitative estimate of drug-likeness (QED) is 0.724. The van der Waals surface area contributed by atoms with Crippen molar-refractivity contribution in [2.45, 2.75) is 40.0 Å². The third kappa shape index (κ3) is 3.53. The van der Waals surface area contributed by atoms with Crippen molar-refractivity contribution in [2.75, 3.05) is 19.6 Å². The zero-order chi connectivity index (χ0) is 15.4. The molecule has 5 nitrogen and oxygen atoms in total. The van der Waals surface area contributed by atoms with Crippen LogP contribution in [0.4, 0.5) is 0 Å². The monoisotopic (exact) mass is 291 g/mol. The summed E-state index contributed by atoms with van der Waals surface area (Å²) < 4.78 is 0. The number of rotatable bonds is 5. The van der Waals surface area contributed by atoms with Crippen LogP contribution in [0.25, 0.3) is 0 Å². The number of piperidine rings is 1. The van der Waals surface area contributed by atoms with Gasteiger partial charge in [0, 0.05) is 17.8 Å². The fourth-order valence-electron chi connectivity index (χ4n) is 3.12. The molecule has 0 saturated carbocycles. The Morgan fingerprint density at radius 2 is 2.14 bits per heavy atom. The highest BCUT2D eigenvalue weighted by Gasteiger charge is 2.22. The molecule has 0 spiro atoms. The van der Waals surface area contributed by atoms with Crippen molar-refractivity contribution in [3.63, 3.8) is 0 Å². The molecule has 1 amide bonds. The minimum atomic E-state index is -0.104. The van der Waals surface area contributed by atoms with Crippen molar-refractivity contribution in [3.8, 4) is 0 Å². The number of carbonyl (C=O) groups excluding carboxylic acids is 2. The Kier molecular flexibility index (Phi) is 5.17. The summed E-state index contributed by atoms with van der Waals surface area (Å²) in [6, 6.07) is 0. The van der Waals surface area contributed by atoms with Crippen LogP contribution in [0, 0.1) is 12.8 Å². The largest absolute Gasteiger partial charge is 0.354 e. The third-order valence-corrected chi connectivity index (χ3v) is 4.17. The van der Waals surface area contributed by atoms with Gasteiger partial charge in [-0.3, -0.25) is 9.59 Å². The number of hydrogen-bond donors (Lipinski definition) is 3. The van der Waals surface area contributed by atoms with Gasteiger partial charge in [-0.2, -0.15) is 0 Å². The van der Waals surface area contributed by atoms with Gasteiger partial charge < -0.3 is 15.6 Å². The second-order valence-corrected chi connectivity index (χ2v) is 5.81. The molecule has 1 aromatic heterocycles. The van der Waals surface area contributed by atoms with E-state index in [1.165, 1.54) is 0 Å². The van der Waals surface area contributed by atoms with E-state index in [2.05, 4.69) is 15.6 Å². The van der Waals surface area contributed by atoms with E-state index in [1.807, 2.05) is 13.8 Å². The number of hydrogen-bond acceptors (Lipinski definition) is 3. The maximum absolute atomic E-state index is 12.4. The van der Waals surface area contributed by atoms with Gasteiger partial charge in [-0.25, -0.2) is 0 Å². The third-order valence-electron chi connectivity index (χ3n) is 4.17. The average Bonchev–Trinajstić information content (AvgIpc) is 2.82. The molecule has 1 unspecified atom stereocenters. The molecule has 2 heterocycles. The normalized spacial score (nSPS) is 18.5. The highest BCUT2D eigenvalue weighted by Crippen LogP contribution is 2.20. The van der Waals surface area contributed by atoms with Crippen molar-refractivity contribution >= 4 is 11.7 Å². The standard InChI is InChI=1S/C16H25N3O2/c1-4-13-14(11(3)20)10(2)19-15(13)16(21)18-9-12-6-5-7-17-8-12/h12,17,19H,4-9H2,1-3H3,(H,18,21). The number of nitrogens with one attached hydrogen (secondary N) is 3. The van der Waals surface area contributed by atoms with E-state index >= 15 is 0 Å². The molecule has 0 aromatic carbocycles. The predicted octanol–water partition coefficient (Wildman–Crippen LogP) is 1.82. The lowest BCUT2D eigenvalue weighted by molar-refractivity contribution is 0.0939. The van der Waals surface area contributed by atoms with Gasteiger partial charge in [-0.05, 0) is 57.7 Å². The Morgan fingerprint density at radius 1 is 1.38 bits per heavy atom. The second-order valence-electron chi connectivity index (χ2n) is 5.81. The molecule has 21 heavy (non-hydrogen) atoms. The molecule has 1 aromatic rings. The molecule has 3 N–H and O–H groups in total. The number of amides is 1. The van der Waals surface area contributed by atoms with E-state index in [0.717, 1.165) is 37.2 Å². The van der Waals surface area contributed by atoms with Crippen LogP contribution in [0.1, 0.15) is 58.8 Å². The van der Waals surface area contributed by atoms with Gasteiger partial charge in [0.1, 0.15) is 5.69 Å². The number of carbonyl (C=O) groups is 2. The maximum Gasteiger partial charge on any atom is 0.268 e. The highest BCUT2D eigenvalue weighted by molar-refractivity contribution is 6.02. The first-order valence-corrected chi connectivity index (χ1v) is 7.75. The summed E-state index contributed by atoms with van der Waals surface area (Å²) in [6.45, 7) is 8.08. The summed E-state index contributed by atoms with van der Waals surface area (Å²) in [5.74, 6) is 0.403. The number of Topliss-reactive ketones (excluding diaryl/α,β-unsaturated/α-hetero) is 1.